The quantitative estimate of drug-likeness (QED) is 0.729. The first-order valence-corrected chi connectivity index (χ1v) is 9.03. The molecule has 2 N–H and O–H groups in total. The molecule has 1 aliphatic carbocycles. The van der Waals surface area contributed by atoms with Crippen molar-refractivity contribution in [1.29, 1.82) is 0 Å². The molecule has 26 heavy (non-hydrogen) atoms. The van der Waals surface area contributed by atoms with Crippen molar-refractivity contribution < 1.29 is 8.78 Å². The molecule has 0 unspecified atom stereocenters. The van der Waals surface area contributed by atoms with E-state index in [2.05, 4.69) is 10.6 Å². The van der Waals surface area contributed by atoms with E-state index in [1.54, 1.807) is 18.2 Å². The van der Waals surface area contributed by atoms with Crippen LogP contribution in [0.25, 0.3) is 6.08 Å². The first-order valence-electron chi connectivity index (χ1n) is 8.63. The van der Waals surface area contributed by atoms with Gasteiger partial charge in [-0.1, -0.05) is 24.3 Å². The number of hydrogen-bond donors (Lipinski definition) is 2. The summed E-state index contributed by atoms with van der Waals surface area (Å²) < 4.78 is 27.2. The smallest absolute Gasteiger partial charge is 0.171 e. The molecular weight excluding hydrogens is 350 g/mol. The third kappa shape index (κ3) is 3.40. The SMILES string of the molecule is Fc1cccc(/C=C2\CCCC3=C2NC(=S)N[C@H]3c2cccc(F)c2)c1. The van der Waals surface area contributed by atoms with E-state index in [0.29, 0.717) is 5.11 Å². The Labute approximate surface area is 156 Å². The van der Waals surface area contributed by atoms with Crippen LogP contribution in [0.4, 0.5) is 8.78 Å². The molecule has 0 bridgehead atoms. The number of rotatable bonds is 2. The normalized spacial score (nSPS) is 21.2. The van der Waals surface area contributed by atoms with E-state index in [4.69, 9.17) is 12.2 Å². The van der Waals surface area contributed by atoms with Crippen LogP contribution in [0.1, 0.15) is 36.4 Å². The zero-order valence-corrected chi connectivity index (χ0v) is 14.9. The lowest BCUT2D eigenvalue weighted by Crippen LogP contribution is -2.45. The summed E-state index contributed by atoms with van der Waals surface area (Å²) >= 11 is 5.38. The highest BCUT2D eigenvalue weighted by atomic mass is 32.1. The van der Waals surface area contributed by atoms with Gasteiger partial charge in [-0.15, -0.1) is 0 Å². The minimum absolute atomic E-state index is 0.148. The maximum atomic E-state index is 13.7. The molecule has 5 heteroatoms. The molecule has 2 aromatic carbocycles. The van der Waals surface area contributed by atoms with Crippen molar-refractivity contribution in [1.82, 2.24) is 10.6 Å². The summed E-state index contributed by atoms with van der Waals surface area (Å²) in [4.78, 5) is 0. The predicted molar refractivity (Wildman–Crippen MR) is 103 cm³/mol. The van der Waals surface area contributed by atoms with Crippen molar-refractivity contribution in [2.24, 2.45) is 0 Å². The number of halogens is 2. The number of allylic oxidation sites excluding steroid dienone is 1. The highest BCUT2D eigenvalue weighted by molar-refractivity contribution is 7.80. The second-order valence-electron chi connectivity index (χ2n) is 6.56. The summed E-state index contributed by atoms with van der Waals surface area (Å²) in [6.45, 7) is 0. The van der Waals surface area contributed by atoms with Gasteiger partial charge >= 0.3 is 0 Å². The van der Waals surface area contributed by atoms with Crippen LogP contribution in [0.2, 0.25) is 0 Å². The van der Waals surface area contributed by atoms with E-state index in [1.165, 1.54) is 18.2 Å². The third-order valence-corrected chi connectivity index (χ3v) is 4.99. The van der Waals surface area contributed by atoms with Crippen LogP contribution in [-0.4, -0.2) is 5.11 Å². The van der Waals surface area contributed by atoms with Crippen LogP contribution in [-0.2, 0) is 0 Å². The van der Waals surface area contributed by atoms with Crippen molar-refractivity contribution in [2.45, 2.75) is 25.3 Å². The van der Waals surface area contributed by atoms with Gasteiger partial charge < -0.3 is 10.6 Å². The average Bonchev–Trinajstić information content (AvgIpc) is 2.62. The lowest BCUT2D eigenvalue weighted by Gasteiger charge is -2.36. The van der Waals surface area contributed by atoms with Crippen molar-refractivity contribution in [3.63, 3.8) is 0 Å². The molecule has 0 fully saturated rings. The van der Waals surface area contributed by atoms with Crippen LogP contribution in [0.5, 0.6) is 0 Å². The molecule has 0 radical (unpaired) electrons. The van der Waals surface area contributed by atoms with Crippen LogP contribution in [0.15, 0.2) is 65.4 Å². The Balaban J connectivity index is 1.78. The van der Waals surface area contributed by atoms with Crippen LogP contribution in [0, 0.1) is 11.6 Å². The van der Waals surface area contributed by atoms with Gasteiger partial charge in [0, 0.05) is 5.70 Å². The summed E-state index contributed by atoms with van der Waals surface area (Å²) in [6, 6.07) is 13.0. The minimum Gasteiger partial charge on any atom is -0.352 e. The fraction of sp³-hybridized carbons (Fsp3) is 0.190. The Morgan fingerprint density at radius 3 is 2.54 bits per heavy atom. The van der Waals surface area contributed by atoms with E-state index in [0.717, 1.165) is 47.2 Å². The second-order valence-corrected chi connectivity index (χ2v) is 6.97. The molecule has 2 aromatic rings. The van der Waals surface area contributed by atoms with Gasteiger partial charge in [-0.2, -0.15) is 0 Å². The monoisotopic (exact) mass is 368 g/mol. The first kappa shape index (κ1) is 16.9. The van der Waals surface area contributed by atoms with Crippen molar-refractivity contribution in [2.75, 3.05) is 0 Å². The summed E-state index contributed by atoms with van der Waals surface area (Å²) in [7, 11) is 0. The zero-order valence-electron chi connectivity index (χ0n) is 14.1. The summed E-state index contributed by atoms with van der Waals surface area (Å²) in [5, 5.41) is 7.04. The Kier molecular flexibility index (Phi) is 4.55. The molecule has 1 heterocycles. The third-order valence-electron chi connectivity index (χ3n) is 4.77. The summed E-state index contributed by atoms with van der Waals surface area (Å²) in [5.41, 5.74) is 4.93. The standard InChI is InChI=1S/C21H18F2N2S/c22-16-7-1-4-13(11-16)10-14-6-3-9-18-19(14)24-21(26)25-20(18)15-5-2-8-17(23)12-15/h1-2,4-5,7-8,10-12,20H,3,6,9H2,(H2,24,25,26)/b14-10+/t20-/m0/s1. The predicted octanol–water partition coefficient (Wildman–Crippen LogP) is 5.01. The number of nitrogens with one attached hydrogen (secondary N) is 2. The topological polar surface area (TPSA) is 24.1 Å². The molecule has 0 saturated heterocycles. The van der Waals surface area contributed by atoms with E-state index < -0.39 is 0 Å². The highest BCUT2D eigenvalue weighted by Gasteiger charge is 2.30. The molecule has 1 aliphatic heterocycles. The average molecular weight is 368 g/mol. The van der Waals surface area contributed by atoms with Gasteiger partial charge in [-0.05, 0) is 84.1 Å². The van der Waals surface area contributed by atoms with Crippen molar-refractivity contribution in [3.05, 3.63) is 88.1 Å². The molecule has 0 saturated carbocycles. The maximum absolute atomic E-state index is 13.7. The molecule has 2 nitrogen and oxygen atoms in total. The van der Waals surface area contributed by atoms with Gasteiger partial charge in [-0.25, -0.2) is 8.78 Å². The lowest BCUT2D eigenvalue weighted by atomic mass is 9.83. The van der Waals surface area contributed by atoms with Gasteiger partial charge in [-0.3, -0.25) is 0 Å². The number of benzene rings is 2. The molecule has 4 rings (SSSR count). The van der Waals surface area contributed by atoms with E-state index >= 15 is 0 Å². The Hall–Kier alpha value is -2.53. The van der Waals surface area contributed by atoms with Gasteiger partial charge in [0.1, 0.15) is 11.6 Å². The molecule has 2 aliphatic rings. The van der Waals surface area contributed by atoms with Gasteiger partial charge in [0.2, 0.25) is 0 Å². The fourth-order valence-electron chi connectivity index (χ4n) is 3.66. The fourth-order valence-corrected chi connectivity index (χ4v) is 3.88. The lowest BCUT2D eigenvalue weighted by molar-refractivity contribution is 0.594. The Bertz CT molecular complexity index is 933. The van der Waals surface area contributed by atoms with Crippen molar-refractivity contribution in [3.8, 4) is 0 Å². The number of thiocarbonyl (C=S) groups is 1. The largest absolute Gasteiger partial charge is 0.352 e. The molecule has 1 atom stereocenters. The number of hydrogen-bond acceptors (Lipinski definition) is 1. The zero-order chi connectivity index (χ0) is 18.1. The van der Waals surface area contributed by atoms with Crippen LogP contribution < -0.4 is 10.6 Å². The van der Waals surface area contributed by atoms with Gasteiger partial charge in [0.15, 0.2) is 5.11 Å². The second kappa shape index (κ2) is 7.00. The first-order chi connectivity index (χ1) is 12.6. The van der Waals surface area contributed by atoms with E-state index in [1.807, 2.05) is 18.2 Å². The van der Waals surface area contributed by atoms with E-state index in [9.17, 15) is 8.78 Å². The molecule has 0 spiro atoms. The van der Waals surface area contributed by atoms with Crippen LogP contribution >= 0.6 is 12.2 Å². The van der Waals surface area contributed by atoms with E-state index in [-0.39, 0.29) is 17.7 Å². The van der Waals surface area contributed by atoms with Gasteiger partial charge in [0.25, 0.3) is 0 Å². The summed E-state index contributed by atoms with van der Waals surface area (Å²) in [6.07, 6.45) is 4.78. The Morgan fingerprint density at radius 1 is 1.00 bits per heavy atom. The Morgan fingerprint density at radius 2 is 1.77 bits per heavy atom. The molecule has 0 amide bonds. The molecule has 0 aromatic heterocycles. The molecular formula is C21H18F2N2S. The minimum atomic E-state index is -0.262. The van der Waals surface area contributed by atoms with Crippen molar-refractivity contribution >= 4 is 23.4 Å². The maximum Gasteiger partial charge on any atom is 0.171 e. The van der Waals surface area contributed by atoms with Gasteiger partial charge in [0.05, 0.1) is 6.04 Å². The summed E-state index contributed by atoms with van der Waals surface area (Å²) in [5.74, 6) is -0.516. The van der Waals surface area contributed by atoms with Crippen LogP contribution in [0.3, 0.4) is 0 Å². The highest BCUT2D eigenvalue weighted by Crippen LogP contribution is 2.38. The molecule has 132 valence electrons.